The lowest BCUT2D eigenvalue weighted by Crippen LogP contribution is -2.29. The molecule has 0 saturated carbocycles. The second-order valence-electron chi connectivity index (χ2n) is 5.11. The van der Waals surface area contributed by atoms with Crippen molar-refractivity contribution in [3.05, 3.63) is 56.1 Å². The van der Waals surface area contributed by atoms with Crippen molar-refractivity contribution in [2.24, 2.45) is 0 Å². The van der Waals surface area contributed by atoms with Gasteiger partial charge in [-0.25, -0.2) is 9.97 Å². The smallest absolute Gasteiger partial charge is 0.146 e. The zero-order valence-electron chi connectivity index (χ0n) is 12.7. The van der Waals surface area contributed by atoms with Crippen LogP contribution in [0.3, 0.4) is 0 Å². The summed E-state index contributed by atoms with van der Waals surface area (Å²) in [6, 6.07) is 10.5. The lowest BCUT2D eigenvalue weighted by molar-refractivity contribution is 0.447. The second kappa shape index (κ2) is 7.05. The van der Waals surface area contributed by atoms with Gasteiger partial charge < -0.3 is 0 Å². The molecule has 0 aliphatic carbocycles. The van der Waals surface area contributed by atoms with Crippen molar-refractivity contribution in [1.29, 1.82) is 0 Å². The minimum Gasteiger partial charge on any atom is -0.236 e. The van der Waals surface area contributed by atoms with E-state index < -0.39 is 0 Å². The Kier molecular flexibility index (Phi) is 5.60. The van der Waals surface area contributed by atoms with Gasteiger partial charge in [-0.05, 0) is 47.4 Å². The SMILES string of the molecule is CCc1nc(C(CC)(CC)c2ccccc2)nc(Cl)c1I. The van der Waals surface area contributed by atoms with E-state index in [9.17, 15) is 0 Å². The fourth-order valence-corrected chi connectivity index (χ4v) is 3.58. The first kappa shape index (κ1) is 16.7. The zero-order chi connectivity index (χ0) is 15.5. The van der Waals surface area contributed by atoms with Crippen LogP contribution in [0.2, 0.25) is 5.15 Å². The summed E-state index contributed by atoms with van der Waals surface area (Å²) in [6.07, 6.45) is 2.77. The number of aromatic nitrogens is 2. The fraction of sp³-hybridized carbons (Fsp3) is 0.412. The van der Waals surface area contributed by atoms with Gasteiger partial charge in [0.1, 0.15) is 11.0 Å². The average molecular weight is 415 g/mol. The number of nitrogens with zero attached hydrogens (tertiary/aromatic N) is 2. The van der Waals surface area contributed by atoms with E-state index in [0.29, 0.717) is 5.15 Å². The highest BCUT2D eigenvalue weighted by Gasteiger charge is 2.34. The summed E-state index contributed by atoms with van der Waals surface area (Å²) in [4.78, 5) is 9.46. The molecule has 1 aromatic carbocycles. The van der Waals surface area contributed by atoms with E-state index in [1.165, 1.54) is 5.56 Å². The van der Waals surface area contributed by atoms with Gasteiger partial charge in [-0.3, -0.25) is 0 Å². The maximum absolute atomic E-state index is 6.35. The number of aryl methyl sites for hydroxylation is 1. The summed E-state index contributed by atoms with van der Waals surface area (Å²) in [6.45, 7) is 6.49. The van der Waals surface area contributed by atoms with Crippen LogP contribution in [0.4, 0.5) is 0 Å². The minimum absolute atomic E-state index is 0.167. The van der Waals surface area contributed by atoms with Gasteiger partial charge in [-0.2, -0.15) is 0 Å². The molecule has 2 nitrogen and oxygen atoms in total. The van der Waals surface area contributed by atoms with Crippen molar-refractivity contribution in [2.45, 2.75) is 45.4 Å². The van der Waals surface area contributed by atoms with Crippen LogP contribution in [0.5, 0.6) is 0 Å². The third-order valence-corrected chi connectivity index (χ3v) is 5.90. The molecule has 0 amide bonds. The normalized spacial score (nSPS) is 11.7. The van der Waals surface area contributed by atoms with Crippen LogP contribution in [-0.4, -0.2) is 9.97 Å². The molecule has 0 spiro atoms. The Morgan fingerprint density at radius 1 is 1.05 bits per heavy atom. The largest absolute Gasteiger partial charge is 0.236 e. The van der Waals surface area contributed by atoms with E-state index in [1.54, 1.807) is 0 Å². The van der Waals surface area contributed by atoms with Gasteiger partial charge in [0.05, 0.1) is 14.7 Å². The summed E-state index contributed by atoms with van der Waals surface area (Å²) in [5, 5.41) is 0.569. The van der Waals surface area contributed by atoms with E-state index in [0.717, 1.165) is 34.4 Å². The quantitative estimate of drug-likeness (QED) is 0.483. The van der Waals surface area contributed by atoms with Gasteiger partial charge in [-0.1, -0.05) is 62.7 Å². The molecule has 0 unspecified atom stereocenters. The van der Waals surface area contributed by atoms with Crippen molar-refractivity contribution >= 4 is 34.2 Å². The van der Waals surface area contributed by atoms with Gasteiger partial charge in [-0.15, -0.1) is 0 Å². The first-order chi connectivity index (χ1) is 10.1. The molecule has 2 aromatic rings. The number of rotatable bonds is 5. The Morgan fingerprint density at radius 3 is 2.19 bits per heavy atom. The van der Waals surface area contributed by atoms with Gasteiger partial charge >= 0.3 is 0 Å². The van der Waals surface area contributed by atoms with E-state index in [-0.39, 0.29) is 5.41 Å². The predicted octanol–water partition coefficient (Wildman–Crippen LogP) is 5.40. The standard InChI is InChI=1S/C17H20ClIN2/c1-4-13-14(19)15(18)21-16(20-13)17(5-2,6-3)12-10-8-7-9-11-12/h7-11H,4-6H2,1-3H3. The van der Waals surface area contributed by atoms with Gasteiger partial charge in [0.2, 0.25) is 0 Å². The van der Waals surface area contributed by atoms with Crippen LogP contribution in [0.1, 0.15) is 50.7 Å². The van der Waals surface area contributed by atoms with E-state index in [1.807, 2.05) is 6.07 Å². The second-order valence-corrected chi connectivity index (χ2v) is 6.54. The topological polar surface area (TPSA) is 25.8 Å². The monoisotopic (exact) mass is 414 g/mol. The third kappa shape index (κ3) is 3.09. The lowest BCUT2D eigenvalue weighted by atomic mass is 9.75. The Labute approximate surface area is 145 Å². The molecule has 0 radical (unpaired) electrons. The maximum Gasteiger partial charge on any atom is 0.146 e. The average Bonchev–Trinajstić information content (AvgIpc) is 2.53. The fourth-order valence-electron chi connectivity index (χ4n) is 2.77. The highest BCUT2D eigenvalue weighted by molar-refractivity contribution is 14.1. The maximum atomic E-state index is 6.35. The third-order valence-electron chi connectivity index (χ3n) is 4.18. The van der Waals surface area contributed by atoms with Crippen LogP contribution in [0.15, 0.2) is 30.3 Å². The molecule has 1 heterocycles. The van der Waals surface area contributed by atoms with Crippen LogP contribution in [-0.2, 0) is 11.8 Å². The summed E-state index contributed by atoms with van der Waals surface area (Å²) in [5.74, 6) is 0.848. The number of hydrogen-bond donors (Lipinski definition) is 0. The van der Waals surface area contributed by atoms with Gasteiger partial charge in [0, 0.05) is 0 Å². The highest BCUT2D eigenvalue weighted by Crippen LogP contribution is 2.38. The number of hydrogen-bond acceptors (Lipinski definition) is 2. The summed E-state index contributed by atoms with van der Waals surface area (Å²) < 4.78 is 0.967. The lowest BCUT2D eigenvalue weighted by Gasteiger charge is -2.31. The van der Waals surface area contributed by atoms with Crippen LogP contribution >= 0.6 is 34.2 Å². The van der Waals surface area contributed by atoms with Crippen molar-refractivity contribution in [3.63, 3.8) is 0 Å². The molecule has 21 heavy (non-hydrogen) atoms. The summed E-state index contributed by atoms with van der Waals surface area (Å²) >= 11 is 8.58. The first-order valence-corrected chi connectivity index (χ1v) is 8.82. The van der Waals surface area contributed by atoms with E-state index in [4.69, 9.17) is 16.6 Å². The molecule has 0 N–H and O–H groups in total. The molecule has 2 rings (SSSR count). The number of benzene rings is 1. The molecule has 0 saturated heterocycles. The van der Waals surface area contributed by atoms with Crippen LogP contribution < -0.4 is 0 Å². The van der Waals surface area contributed by atoms with Gasteiger partial charge in [0.25, 0.3) is 0 Å². The van der Waals surface area contributed by atoms with Crippen LogP contribution in [0.25, 0.3) is 0 Å². The minimum atomic E-state index is -0.167. The summed E-state index contributed by atoms with van der Waals surface area (Å²) in [5.41, 5.74) is 2.13. The molecular formula is C17H20ClIN2. The van der Waals surface area contributed by atoms with Crippen molar-refractivity contribution < 1.29 is 0 Å². The Morgan fingerprint density at radius 2 is 1.67 bits per heavy atom. The Hall–Kier alpha value is -0.680. The molecule has 0 atom stereocenters. The number of halogens is 2. The van der Waals surface area contributed by atoms with Crippen molar-refractivity contribution in [3.8, 4) is 0 Å². The predicted molar refractivity (Wildman–Crippen MR) is 96.9 cm³/mol. The molecule has 0 fully saturated rings. The Bertz CT molecular complexity index is 610. The molecule has 4 heteroatoms. The zero-order valence-corrected chi connectivity index (χ0v) is 15.6. The Balaban J connectivity index is 2.66. The molecule has 0 bridgehead atoms. The van der Waals surface area contributed by atoms with Crippen LogP contribution in [0, 0.1) is 3.57 Å². The van der Waals surface area contributed by atoms with E-state index >= 15 is 0 Å². The van der Waals surface area contributed by atoms with Gasteiger partial charge in [0.15, 0.2) is 0 Å². The van der Waals surface area contributed by atoms with Crippen molar-refractivity contribution in [1.82, 2.24) is 9.97 Å². The molecule has 0 aliphatic rings. The first-order valence-electron chi connectivity index (χ1n) is 7.37. The molecule has 1 aromatic heterocycles. The summed E-state index contributed by atoms with van der Waals surface area (Å²) in [7, 11) is 0. The van der Waals surface area contributed by atoms with E-state index in [2.05, 4.69) is 72.6 Å². The highest BCUT2D eigenvalue weighted by atomic mass is 127. The van der Waals surface area contributed by atoms with Crippen molar-refractivity contribution in [2.75, 3.05) is 0 Å². The molecule has 0 aliphatic heterocycles. The molecular weight excluding hydrogens is 395 g/mol. The molecule has 112 valence electrons.